The van der Waals surface area contributed by atoms with Crippen molar-refractivity contribution in [1.82, 2.24) is 15.1 Å². The summed E-state index contributed by atoms with van der Waals surface area (Å²) in [6.07, 6.45) is 1.85. The van der Waals surface area contributed by atoms with Crippen LogP contribution in [0.2, 0.25) is 5.02 Å². The number of aromatic nitrogens is 2. The molecule has 1 aromatic rings. The van der Waals surface area contributed by atoms with Crippen LogP contribution in [0.1, 0.15) is 52.9 Å². The average molecular weight is 300 g/mol. The third-order valence-electron chi connectivity index (χ3n) is 3.94. The van der Waals surface area contributed by atoms with Gasteiger partial charge in [-0.05, 0) is 30.7 Å². The smallest absolute Gasteiger partial charge is 0.0849 e. The molecule has 1 N–H and O–H groups in total. The van der Waals surface area contributed by atoms with Gasteiger partial charge in [-0.15, -0.1) is 0 Å². The van der Waals surface area contributed by atoms with Crippen molar-refractivity contribution in [2.45, 2.75) is 60.4 Å². The second-order valence-electron chi connectivity index (χ2n) is 7.01. The molecule has 116 valence electrons. The number of hydrogen-bond acceptors (Lipinski definition) is 2. The van der Waals surface area contributed by atoms with Crippen molar-refractivity contribution in [1.29, 1.82) is 0 Å². The first-order valence-corrected chi connectivity index (χ1v) is 7.98. The lowest BCUT2D eigenvalue weighted by Gasteiger charge is -2.32. The van der Waals surface area contributed by atoms with Crippen LogP contribution in [0.25, 0.3) is 0 Å². The molecule has 0 saturated heterocycles. The Balaban J connectivity index is 2.92. The van der Waals surface area contributed by atoms with Gasteiger partial charge in [0.1, 0.15) is 0 Å². The summed E-state index contributed by atoms with van der Waals surface area (Å²) in [4.78, 5) is 0. The van der Waals surface area contributed by atoms with E-state index in [2.05, 4.69) is 52.0 Å². The Morgan fingerprint density at radius 1 is 1.30 bits per heavy atom. The highest BCUT2D eigenvalue weighted by Gasteiger charge is 2.27. The molecule has 3 nitrogen and oxygen atoms in total. The van der Waals surface area contributed by atoms with Crippen molar-refractivity contribution in [3.63, 3.8) is 0 Å². The second kappa shape index (κ2) is 6.95. The molecule has 0 aliphatic carbocycles. The fourth-order valence-corrected chi connectivity index (χ4v) is 2.71. The SMILES string of the molecule is CCc1nn(C)c(CC(CNC(C)C)C(C)(C)C)c1Cl. The third kappa shape index (κ3) is 4.49. The van der Waals surface area contributed by atoms with Crippen LogP contribution >= 0.6 is 11.6 Å². The fourth-order valence-electron chi connectivity index (χ4n) is 2.34. The molecule has 20 heavy (non-hydrogen) atoms. The molecule has 0 spiro atoms. The average Bonchev–Trinajstić information content (AvgIpc) is 2.58. The van der Waals surface area contributed by atoms with Gasteiger partial charge in [0.2, 0.25) is 0 Å². The van der Waals surface area contributed by atoms with Crippen molar-refractivity contribution in [3.8, 4) is 0 Å². The minimum atomic E-state index is 0.238. The van der Waals surface area contributed by atoms with Gasteiger partial charge in [-0.2, -0.15) is 5.10 Å². The predicted octanol–water partition coefficient (Wildman–Crippen LogP) is 3.84. The van der Waals surface area contributed by atoms with Crippen LogP contribution < -0.4 is 5.32 Å². The first-order valence-electron chi connectivity index (χ1n) is 7.60. The highest BCUT2D eigenvalue weighted by atomic mass is 35.5. The van der Waals surface area contributed by atoms with Gasteiger partial charge in [0, 0.05) is 13.1 Å². The van der Waals surface area contributed by atoms with Crippen LogP contribution in [-0.2, 0) is 19.9 Å². The molecule has 0 bridgehead atoms. The number of halogens is 1. The highest BCUT2D eigenvalue weighted by molar-refractivity contribution is 6.31. The lowest BCUT2D eigenvalue weighted by Crippen LogP contribution is -2.36. The van der Waals surface area contributed by atoms with E-state index in [-0.39, 0.29) is 5.41 Å². The van der Waals surface area contributed by atoms with Gasteiger partial charge in [-0.25, -0.2) is 0 Å². The zero-order valence-corrected chi connectivity index (χ0v) is 14.8. The van der Waals surface area contributed by atoms with Crippen molar-refractivity contribution in [2.75, 3.05) is 6.54 Å². The van der Waals surface area contributed by atoms with Crippen LogP contribution in [0.3, 0.4) is 0 Å². The summed E-state index contributed by atoms with van der Waals surface area (Å²) in [6.45, 7) is 14.4. The molecule has 0 saturated carbocycles. The maximum atomic E-state index is 6.48. The van der Waals surface area contributed by atoms with E-state index in [9.17, 15) is 0 Å². The molecule has 0 aromatic carbocycles. The maximum Gasteiger partial charge on any atom is 0.0849 e. The van der Waals surface area contributed by atoms with E-state index in [0.717, 1.165) is 35.8 Å². The Morgan fingerprint density at radius 2 is 1.90 bits per heavy atom. The lowest BCUT2D eigenvalue weighted by molar-refractivity contribution is 0.223. The van der Waals surface area contributed by atoms with Crippen LogP contribution in [-0.4, -0.2) is 22.4 Å². The lowest BCUT2D eigenvalue weighted by atomic mass is 9.78. The Labute approximate surface area is 129 Å². The molecular formula is C16H30ClN3. The van der Waals surface area contributed by atoms with Gasteiger partial charge in [0.25, 0.3) is 0 Å². The normalized spacial score (nSPS) is 14.1. The van der Waals surface area contributed by atoms with Crippen LogP contribution in [0.15, 0.2) is 0 Å². The summed E-state index contributed by atoms with van der Waals surface area (Å²) in [5.74, 6) is 0.530. The van der Waals surface area contributed by atoms with Gasteiger partial charge in [0.05, 0.1) is 16.4 Å². The van der Waals surface area contributed by atoms with Crippen molar-refractivity contribution < 1.29 is 0 Å². The minimum Gasteiger partial charge on any atom is -0.314 e. The molecule has 0 aliphatic rings. The number of nitrogens with zero attached hydrogens (tertiary/aromatic N) is 2. The summed E-state index contributed by atoms with van der Waals surface area (Å²) in [5.41, 5.74) is 2.41. The van der Waals surface area contributed by atoms with E-state index >= 15 is 0 Å². The van der Waals surface area contributed by atoms with E-state index in [4.69, 9.17) is 11.6 Å². The number of hydrogen-bond donors (Lipinski definition) is 1. The van der Waals surface area contributed by atoms with E-state index in [1.807, 2.05) is 11.7 Å². The number of aryl methyl sites for hydroxylation is 2. The van der Waals surface area contributed by atoms with Gasteiger partial charge < -0.3 is 5.32 Å². The Morgan fingerprint density at radius 3 is 2.30 bits per heavy atom. The highest BCUT2D eigenvalue weighted by Crippen LogP contribution is 2.32. The van der Waals surface area contributed by atoms with Crippen LogP contribution in [0.4, 0.5) is 0 Å². The molecule has 0 amide bonds. The maximum absolute atomic E-state index is 6.48. The summed E-state index contributed by atoms with van der Waals surface area (Å²) < 4.78 is 1.95. The first kappa shape index (κ1) is 17.5. The number of nitrogens with one attached hydrogen (secondary N) is 1. The zero-order valence-electron chi connectivity index (χ0n) is 14.0. The summed E-state index contributed by atoms with van der Waals surface area (Å²) >= 11 is 6.48. The quantitative estimate of drug-likeness (QED) is 0.865. The summed E-state index contributed by atoms with van der Waals surface area (Å²) in [5, 5.41) is 8.94. The van der Waals surface area contributed by atoms with E-state index < -0.39 is 0 Å². The molecule has 1 unspecified atom stereocenters. The molecule has 0 radical (unpaired) electrons. The molecular weight excluding hydrogens is 270 g/mol. The van der Waals surface area contributed by atoms with Crippen LogP contribution in [0.5, 0.6) is 0 Å². The topological polar surface area (TPSA) is 29.9 Å². The molecule has 1 heterocycles. The zero-order chi connectivity index (χ0) is 15.5. The van der Waals surface area contributed by atoms with Crippen molar-refractivity contribution >= 4 is 11.6 Å². The van der Waals surface area contributed by atoms with E-state index in [1.165, 1.54) is 0 Å². The largest absolute Gasteiger partial charge is 0.314 e. The monoisotopic (exact) mass is 299 g/mol. The molecule has 1 atom stereocenters. The van der Waals surface area contributed by atoms with Gasteiger partial charge in [-0.3, -0.25) is 4.68 Å². The van der Waals surface area contributed by atoms with Crippen LogP contribution in [0, 0.1) is 11.3 Å². The molecule has 0 fully saturated rings. The molecule has 1 aromatic heterocycles. The van der Waals surface area contributed by atoms with E-state index in [0.29, 0.717) is 12.0 Å². The predicted molar refractivity (Wildman–Crippen MR) is 87.4 cm³/mol. The minimum absolute atomic E-state index is 0.238. The van der Waals surface area contributed by atoms with Gasteiger partial charge in [0.15, 0.2) is 0 Å². The Bertz CT molecular complexity index is 430. The first-order chi connectivity index (χ1) is 9.16. The van der Waals surface area contributed by atoms with Crippen molar-refractivity contribution in [3.05, 3.63) is 16.4 Å². The third-order valence-corrected chi connectivity index (χ3v) is 4.38. The summed E-state index contributed by atoms with van der Waals surface area (Å²) in [6, 6.07) is 0.507. The number of rotatable bonds is 6. The standard InChI is InChI=1S/C16H30ClN3/c1-8-13-15(17)14(20(7)19-13)9-12(16(4,5)6)10-18-11(2)3/h11-12,18H,8-10H2,1-7H3. The van der Waals surface area contributed by atoms with Crippen molar-refractivity contribution in [2.24, 2.45) is 18.4 Å². The van der Waals surface area contributed by atoms with E-state index in [1.54, 1.807) is 0 Å². The Hall–Kier alpha value is -0.540. The fraction of sp³-hybridized carbons (Fsp3) is 0.812. The Kier molecular flexibility index (Phi) is 6.08. The summed E-state index contributed by atoms with van der Waals surface area (Å²) in [7, 11) is 2.00. The van der Waals surface area contributed by atoms with Gasteiger partial charge in [-0.1, -0.05) is 53.1 Å². The molecule has 4 heteroatoms. The molecule has 1 rings (SSSR count). The van der Waals surface area contributed by atoms with Gasteiger partial charge >= 0.3 is 0 Å². The molecule has 0 aliphatic heterocycles. The second-order valence-corrected chi connectivity index (χ2v) is 7.39.